The van der Waals surface area contributed by atoms with Crippen LogP contribution in [0.3, 0.4) is 0 Å². The number of rotatable bonds is 10. The Morgan fingerprint density at radius 2 is 1.56 bits per heavy atom. The molecule has 0 bridgehead atoms. The SMILES string of the molecule is CC(C)(C)OC(=O)NC(Cc1ccc(O)cc1)C(O)CC(Cc1ccccc1)C(=O)N[C@H]1c2ccccc2C[C@@H]1O. The molecule has 3 aromatic rings. The van der Waals surface area contributed by atoms with Crippen molar-refractivity contribution in [2.45, 2.75) is 76.3 Å². The van der Waals surface area contributed by atoms with Crippen molar-refractivity contribution in [3.63, 3.8) is 0 Å². The number of hydrogen-bond donors (Lipinski definition) is 5. The van der Waals surface area contributed by atoms with Gasteiger partial charge in [0.2, 0.25) is 5.91 Å². The summed E-state index contributed by atoms with van der Waals surface area (Å²) in [5.74, 6) is -0.814. The fraction of sp³-hybridized carbons (Fsp3) is 0.394. The lowest BCUT2D eigenvalue weighted by Crippen LogP contribution is -2.48. The summed E-state index contributed by atoms with van der Waals surface area (Å²) >= 11 is 0. The average Bonchev–Trinajstić information content (AvgIpc) is 3.23. The first-order valence-corrected chi connectivity index (χ1v) is 14.0. The molecule has 218 valence electrons. The predicted octanol–water partition coefficient (Wildman–Crippen LogP) is 4.21. The van der Waals surface area contributed by atoms with E-state index in [1.807, 2.05) is 54.6 Å². The summed E-state index contributed by atoms with van der Waals surface area (Å²) in [4.78, 5) is 26.5. The van der Waals surface area contributed by atoms with Crippen molar-refractivity contribution in [1.29, 1.82) is 0 Å². The third-order valence-electron chi connectivity index (χ3n) is 7.28. The minimum Gasteiger partial charge on any atom is -0.508 e. The zero-order valence-electron chi connectivity index (χ0n) is 23.8. The van der Waals surface area contributed by atoms with Crippen LogP contribution in [0.5, 0.6) is 5.75 Å². The molecule has 41 heavy (non-hydrogen) atoms. The molecule has 5 N–H and O–H groups in total. The van der Waals surface area contributed by atoms with E-state index < -0.39 is 41.9 Å². The van der Waals surface area contributed by atoms with E-state index in [0.717, 1.165) is 22.3 Å². The molecule has 0 heterocycles. The highest BCUT2D eigenvalue weighted by atomic mass is 16.6. The van der Waals surface area contributed by atoms with Crippen LogP contribution in [0.1, 0.15) is 55.5 Å². The standard InChI is InChI=1S/C33H40N2O6/c1-33(2,3)41-32(40)34-27(18-22-13-15-25(36)16-14-22)28(37)20-24(17-21-9-5-4-6-10-21)31(39)35-30-26-12-8-7-11-23(26)19-29(30)38/h4-16,24,27-30,36-38H,17-20H2,1-3H3,(H,34,40)(H,35,39)/t24?,27?,28?,29-,30-/m0/s1. The number of fused-ring (bicyclic) bond motifs is 1. The lowest BCUT2D eigenvalue weighted by Gasteiger charge is -2.29. The Balaban J connectivity index is 1.55. The number of amides is 2. The van der Waals surface area contributed by atoms with Crippen LogP contribution in [-0.4, -0.2) is 51.2 Å². The Kier molecular flexibility index (Phi) is 9.68. The fourth-order valence-corrected chi connectivity index (χ4v) is 5.28. The van der Waals surface area contributed by atoms with E-state index in [1.54, 1.807) is 45.0 Å². The maximum absolute atomic E-state index is 13.7. The molecule has 8 nitrogen and oxygen atoms in total. The number of alkyl carbamates (subject to hydrolysis) is 1. The first-order chi connectivity index (χ1) is 19.5. The van der Waals surface area contributed by atoms with Gasteiger partial charge in [-0.05, 0) is 74.4 Å². The van der Waals surface area contributed by atoms with Crippen molar-refractivity contribution in [1.82, 2.24) is 10.6 Å². The average molecular weight is 561 g/mol. The summed E-state index contributed by atoms with van der Waals surface area (Å²) in [6.07, 6.45) is -1.37. The van der Waals surface area contributed by atoms with E-state index in [2.05, 4.69) is 10.6 Å². The number of carbonyl (C=O) groups is 2. The van der Waals surface area contributed by atoms with Crippen LogP contribution in [0, 0.1) is 5.92 Å². The second-order valence-electron chi connectivity index (χ2n) is 11.8. The normalized spacial score (nSPS) is 18.6. The predicted molar refractivity (Wildman–Crippen MR) is 156 cm³/mol. The summed E-state index contributed by atoms with van der Waals surface area (Å²) < 4.78 is 5.45. The lowest BCUT2D eigenvalue weighted by molar-refractivity contribution is -0.127. The third-order valence-corrected chi connectivity index (χ3v) is 7.28. The Morgan fingerprint density at radius 3 is 2.24 bits per heavy atom. The minimum atomic E-state index is -1.10. The monoisotopic (exact) mass is 560 g/mol. The second kappa shape index (κ2) is 13.2. The Bertz CT molecular complexity index is 1310. The maximum atomic E-state index is 13.7. The van der Waals surface area contributed by atoms with Gasteiger partial charge in [0, 0.05) is 12.3 Å². The molecule has 3 unspecified atom stereocenters. The molecule has 3 aromatic carbocycles. The van der Waals surface area contributed by atoms with E-state index >= 15 is 0 Å². The van der Waals surface area contributed by atoms with Crippen molar-refractivity contribution in [3.05, 3.63) is 101 Å². The fourth-order valence-electron chi connectivity index (χ4n) is 5.28. The van der Waals surface area contributed by atoms with Gasteiger partial charge in [0.05, 0.1) is 24.3 Å². The molecule has 2 amide bonds. The van der Waals surface area contributed by atoms with Gasteiger partial charge in [0.25, 0.3) is 0 Å². The quantitative estimate of drug-likeness (QED) is 0.253. The van der Waals surface area contributed by atoms with Gasteiger partial charge in [0.15, 0.2) is 0 Å². The first-order valence-electron chi connectivity index (χ1n) is 14.0. The van der Waals surface area contributed by atoms with Crippen LogP contribution in [0.15, 0.2) is 78.9 Å². The van der Waals surface area contributed by atoms with Gasteiger partial charge in [0.1, 0.15) is 11.4 Å². The van der Waals surface area contributed by atoms with E-state index in [9.17, 15) is 24.9 Å². The highest BCUT2D eigenvalue weighted by molar-refractivity contribution is 5.80. The topological polar surface area (TPSA) is 128 Å². The number of ether oxygens (including phenoxy) is 1. The largest absolute Gasteiger partial charge is 0.508 e. The van der Waals surface area contributed by atoms with Gasteiger partial charge in [-0.1, -0.05) is 66.7 Å². The van der Waals surface area contributed by atoms with Crippen LogP contribution < -0.4 is 10.6 Å². The summed E-state index contributed by atoms with van der Waals surface area (Å²) in [5.41, 5.74) is 2.89. The smallest absolute Gasteiger partial charge is 0.407 e. The minimum absolute atomic E-state index is 0.0593. The molecular formula is C33H40N2O6. The van der Waals surface area contributed by atoms with Gasteiger partial charge >= 0.3 is 6.09 Å². The van der Waals surface area contributed by atoms with Crippen molar-refractivity contribution < 1.29 is 29.6 Å². The van der Waals surface area contributed by atoms with Gasteiger partial charge in [-0.3, -0.25) is 4.79 Å². The molecular weight excluding hydrogens is 520 g/mol. The Morgan fingerprint density at radius 1 is 0.927 bits per heavy atom. The van der Waals surface area contributed by atoms with Crippen molar-refractivity contribution in [2.24, 2.45) is 5.92 Å². The zero-order valence-corrected chi connectivity index (χ0v) is 23.8. The van der Waals surface area contributed by atoms with E-state index in [0.29, 0.717) is 12.8 Å². The molecule has 0 spiro atoms. The maximum Gasteiger partial charge on any atom is 0.407 e. The first kappa shape index (κ1) is 30.1. The number of aromatic hydroxyl groups is 1. The molecule has 0 saturated carbocycles. The number of aliphatic hydroxyl groups is 2. The molecule has 8 heteroatoms. The number of aliphatic hydroxyl groups excluding tert-OH is 2. The van der Waals surface area contributed by atoms with Gasteiger partial charge in [-0.25, -0.2) is 4.79 Å². The van der Waals surface area contributed by atoms with Crippen LogP contribution in [0.4, 0.5) is 4.79 Å². The summed E-state index contributed by atoms with van der Waals surface area (Å²) in [6, 6.07) is 22.4. The number of nitrogens with one attached hydrogen (secondary N) is 2. The summed E-state index contributed by atoms with van der Waals surface area (Å²) in [6.45, 7) is 5.27. The second-order valence-corrected chi connectivity index (χ2v) is 11.8. The summed E-state index contributed by atoms with van der Waals surface area (Å²) in [7, 11) is 0. The van der Waals surface area contributed by atoms with Gasteiger partial charge < -0.3 is 30.7 Å². The molecule has 0 saturated heterocycles. The van der Waals surface area contributed by atoms with Crippen LogP contribution in [0.2, 0.25) is 0 Å². The zero-order chi connectivity index (χ0) is 29.6. The van der Waals surface area contributed by atoms with E-state index in [1.165, 1.54) is 0 Å². The molecule has 0 radical (unpaired) electrons. The summed E-state index contributed by atoms with van der Waals surface area (Å²) in [5, 5.41) is 37.7. The van der Waals surface area contributed by atoms with Crippen LogP contribution in [-0.2, 0) is 28.8 Å². The molecule has 1 aliphatic rings. The van der Waals surface area contributed by atoms with Crippen molar-refractivity contribution in [3.8, 4) is 5.75 Å². The van der Waals surface area contributed by atoms with Crippen LogP contribution in [0.25, 0.3) is 0 Å². The number of benzene rings is 3. The molecule has 0 aliphatic heterocycles. The highest BCUT2D eigenvalue weighted by Gasteiger charge is 2.35. The number of carbonyl (C=O) groups excluding carboxylic acids is 2. The molecule has 5 atom stereocenters. The van der Waals surface area contributed by atoms with E-state index in [4.69, 9.17) is 4.74 Å². The number of hydrogen-bond acceptors (Lipinski definition) is 6. The molecule has 4 rings (SSSR count). The molecule has 0 aromatic heterocycles. The molecule has 0 fully saturated rings. The van der Waals surface area contributed by atoms with Gasteiger partial charge in [-0.2, -0.15) is 0 Å². The number of phenolic OH excluding ortho intramolecular Hbond substituents is 1. The molecule has 1 aliphatic carbocycles. The Labute approximate surface area is 241 Å². The number of phenols is 1. The van der Waals surface area contributed by atoms with Crippen LogP contribution >= 0.6 is 0 Å². The van der Waals surface area contributed by atoms with Crippen molar-refractivity contribution >= 4 is 12.0 Å². The van der Waals surface area contributed by atoms with E-state index in [-0.39, 0.29) is 24.5 Å². The Hall–Kier alpha value is -3.88. The van der Waals surface area contributed by atoms with Crippen molar-refractivity contribution in [2.75, 3.05) is 0 Å². The lowest BCUT2D eigenvalue weighted by atomic mass is 9.88. The van der Waals surface area contributed by atoms with Gasteiger partial charge in [-0.15, -0.1) is 0 Å². The highest BCUT2D eigenvalue weighted by Crippen LogP contribution is 2.32. The third kappa shape index (κ3) is 8.55.